The summed E-state index contributed by atoms with van der Waals surface area (Å²) < 4.78 is 26.7. The zero-order valence-electron chi connectivity index (χ0n) is 12.3. The Morgan fingerprint density at radius 2 is 1.76 bits per heavy atom. The molecule has 0 aromatic heterocycles. The first-order chi connectivity index (χ1) is 9.92. The van der Waals surface area contributed by atoms with Crippen LogP contribution in [0.5, 0.6) is 0 Å². The topological polar surface area (TPSA) is 63.4 Å². The highest BCUT2D eigenvalue weighted by molar-refractivity contribution is 7.92. The second-order valence-corrected chi connectivity index (χ2v) is 6.89. The van der Waals surface area contributed by atoms with Gasteiger partial charge >= 0.3 is 0 Å². The van der Waals surface area contributed by atoms with Crippen molar-refractivity contribution in [2.45, 2.75) is 19.6 Å². The second kappa shape index (κ2) is 6.18. The van der Waals surface area contributed by atoms with Crippen molar-refractivity contribution in [2.24, 2.45) is 0 Å². The Balaban J connectivity index is 2.29. The third-order valence-corrected chi connectivity index (χ3v) is 5.08. The molecule has 0 aliphatic carbocycles. The number of benzene rings is 2. The number of nitrogen functional groups attached to an aromatic ring is 1. The normalized spacial score (nSPS) is 11.3. The number of anilines is 2. The van der Waals surface area contributed by atoms with E-state index in [4.69, 9.17) is 5.73 Å². The molecule has 2 aromatic carbocycles. The van der Waals surface area contributed by atoms with Crippen molar-refractivity contribution in [3.8, 4) is 0 Å². The summed E-state index contributed by atoms with van der Waals surface area (Å²) in [5, 5.41) is 0. The summed E-state index contributed by atoms with van der Waals surface area (Å²) in [7, 11) is -3.43. The van der Waals surface area contributed by atoms with E-state index in [0.717, 1.165) is 5.56 Å². The van der Waals surface area contributed by atoms with E-state index in [-0.39, 0.29) is 5.75 Å². The van der Waals surface area contributed by atoms with Gasteiger partial charge in [-0.2, -0.15) is 0 Å². The van der Waals surface area contributed by atoms with Crippen molar-refractivity contribution >= 4 is 21.4 Å². The van der Waals surface area contributed by atoms with Gasteiger partial charge in [0.15, 0.2) is 0 Å². The predicted molar refractivity (Wildman–Crippen MR) is 87.7 cm³/mol. The molecule has 5 heteroatoms. The molecular weight excluding hydrogens is 284 g/mol. The maximum absolute atomic E-state index is 12.6. The van der Waals surface area contributed by atoms with E-state index < -0.39 is 10.0 Å². The Bertz CT molecular complexity index is 709. The van der Waals surface area contributed by atoms with Crippen molar-refractivity contribution in [1.82, 2.24) is 0 Å². The van der Waals surface area contributed by atoms with E-state index in [2.05, 4.69) is 0 Å². The fraction of sp³-hybridized carbons (Fsp3) is 0.250. The number of hydrogen-bond acceptors (Lipinski definition) is 3. The molecule has 2 N–H and O–H groups in total. The van der Waals surface area contributed by atoms with Gasteiger partial charge in [0.25, 0.3) is 0 Å². The lowest BCUT2D eigenvalue weighted by Crippen LogP contribution is -2.31. The molecule has 21 heavy (non-hydrogen) atoms. The summed E-state index contributed by atoms with van der Waals surface area (Å²) in [6.45, 7) is 4.20. The standard InChI is InChI=1S/C16H20N2O2S/c1-3-18(16-9-7-13(2)8-10-16)21(19,20)12-14-5-4-6-15(17)11-14/h4-11H,3,12,17H2,1-2H3. The molecule has 0 radical (unpaired) electrons. The maximum Gasteiger partial charge on any atom is 0.239 e. The van der Waals surface area contributed by atoms with Crippen LogP contribution in [0.1, 0.15) is 18.1 Å². The average molecular weight is 304 g/mol. The van der Waals surface area contributed by atoms with Gasteiger partial charge in [-0.25, -0.2) is 8.42 Å². The molecule has 0 aliphatic rings. The molecule has 0 spiro atoms. The summed E-state index contributed by atoms with van der Waals surface area (Å²) >= 11 is 0. The van der Waals surface area contributed by atoms with Gasteiger partial charge in [-0.1, -0.05) is 29.8 Å². The summed E-state index contributed by atoms with van der Waals surface area (Å²) in [6, 6.07) is 14.5. The second-order valence-electron chi connectivity index (χ2n) is 5.00. The fourth-order valence-electron chi connectivity index (χ4n) is 2.22. The largest absolute Gasteiger partial charge is 0.399 e. The zero-order valence-corrected chi connectivity index (χ0v) is 13.1. The molecule has 4 nitrogen and oxygen atoms in total. The Labute approximate surface area is 126 Å². The molecule has 0 heterocycles. The first-order valence-electron chi connectivity index (χ1n) is 6.84. The van der Waals surface area contributed by atoms with E-state index in [1.165, 1.54) is 4.31 Å². The Morgan fingerprint density at radius 3 is 2.33 bits per heavy atom. The van der Waals surface area contributed by atoms with Crippen LogP contribution >= 0.6 is 0 Å². The van der Waals surface area contributed by atoms with E-state index in [9.17, 15) is 8.42 Å². The van der Waals surface area contributed by atoms with Crippen LogP contribution in [-0.2, 0) is 15.8 Å². The highest BCUT2D eigenvalue weighted by atomic mass is 32.2. The predicted octanol–water partition coefficient (Wildman–Crippen LogP) is 2.93. The van der Waals surface area contributed by atoms with Crippen LogP contribution < -0.4 is 10.0 Å². The van der Waals surface area contributed by atoms with Gasteiger partial charge in [-0.05, 0) is 43.7 Å². The Morgan fingerprint density at radius 1 is 1.10 bits per heavy atom. The van der Waals surface area contributed by atoms with E-state index in [1.807, 2.05) is 38.1 Å². The molecule has 0 saturated heterocycles. The number of nitrogens with two attached hydrogens (primary N) is 1. The van der Waals surface area contributed by atoms with E-state index in [0.29, 0.717) is 23.5 Å². The van der Waals surface area contributed by atoms with Crippen LogP contribution in [0.15, 0.2) is 48.5 Å². The van der Waals surface area contributed by atoms with Crippen LogP contribution in [0, 0.1) is 6.92 Å². The van der Waals surface area contributed by atoms with Crippen LogP contribution in [-0.4, -0.2) is 15.0 Å². The monoisotopic (exact) mass is 304 g/mol. The van der Waals surface area contributed by atoms with Gasteiger partial charge in [0.2, 0.25) is 10.0 Å². The molecule has 0 atom stereocenters. The first-order valence-corrected chi connectivity index (χ1v) is 8.45. The summed E-state index contributed by atoms with van der Waals surface area (Å²) in [4.78, 5) is 0. The Kier molecular flexibility index (Phi) is 4.53. The molecular formula is C16H20N2O2S. The number of aryl methyl sites for hydroxylation is 1. The third-order valence-electron chi connectivity index (χ3n) is 3.25. The molecule has 0 unspecified atom stereocenters. The molecule has 0 amide bonds. The van der Waals surface area contributed by atoms with Crippen molar-refractivity contribution < 1.29 is 8.42 Å². The van der Waals surface area contributed by atoms with Crippen LogP contribution in [0.4, 0.5) is 11.4 Å². The highest BCUT2D eigenvalue weighted by Crippen LogP contribution is 2.21. The van der Waals surface area contributed by atoms with Crippen LogP contribution in [0.25, 0.3) is 0 Å². The molecule has 0 bridgehead atoms. The van der Waals surface area contributed by atoms with Gasteiger partial charge < -0.3 is 5.73 Å². The number of sulfonamides is 1. The highest BCUT2D eigenvalue weighted by Gasteiger charge is 2.21. The smallest absolute Gasteiger partial charge is 0.239 e. The summed E-state index contributed by atoms with van der Waals surface area (Å²) in [5.74, 6) is -0.0558. The minimum absolute atomic E-state index is 0.0558. The van der Waals surface area contributed by atoms with Gasteiger partial charge in [-0.15, -0.1) is 0 Å². The average Bonchev–Trinajstić information content (AvgIpc) is 2.41. The SMILES string of the molecule is CCN(c1ccc(C)cc1)S(=O)(=O)Cc1cccc(N)c1. The van der Waals surface area contributed by atoms with E-state index >= 15 is 0 Å². The first kappa shape index (κ1) is 15.4. The molecule has 2 rings (SSSR count). The number of rotatable bonds is 5. The van der Waals surface area contributed by atoms with Crippen molar-refractivity contribution in [2.75, 3.05) is 16.6 Å². The Hall–Kier alpha value is -2.01. The molecule has 0 fully saturated rings. The number of hydrogen-bond donors (Lipinski definition) is 1. The van der Waals surface area contributed by atoms with E-state index in [1.54, 1.807) is 24.3 Å². The zero-order chi connectivity index (χ0) is 15.5. The maximum atomic E-state index is 12.6. The third kappa shape index (κ3) is 3.76. The van der Waals surface area contributed by atoms with Crippen molar-refractivity contribution in [1.29, 1.82) is 0 Å². The molecule has 112 valence electrons. The van der Waals surface area contributed by atoms with Gasteiger partial charge in [0, 0.05) is 12.2 Å². The van der Waals surface area contributed by atoms with Crippen LogP contribution in [0.2, 0.25) is 0 Å². The molecule has 0 aliphatic heterocycles. The van der Waals surface area contributed by atoms with Gasteiger partial charge in [0.05, 0.1) is 11.4 Å². The minimum Gasteiger partial charge on any atom is -0.399 e. The van der Waals surface area contributed by atoms with Gasteiger partial charge in [-0.3, -0.25) is 4.31 Å². The quantitative estimate of drug-likeness (QED) is 0.864. The van der Waals surface area contributed by atoms with Crippen molar-refractivity contribution in [3.63, 3.8) is 0 Å². The number of nitrogens with zero attached hydrogens (tertiary/aromatic N) is 1. The van der Waals surface area contributed by atoms with Crippen LogP contribution in [0.3, 0.4) is 0 Å². The minimum atomic E-state index is -3.43. The molecule has 0 saturated carbocycles. The summed E-state index contributed by atoms with van der Waals surface area (Å²) in [5.41, 5.74) is 8.76. The van der Waals surface area contributed by atoms with Crippen molar-refractivity contribution in [3.05, 3.63) is 59.7 Å². The molecule has 2 aromatic rings. The lowest BCUT2D eigenvalue weighted by molar-refractivity contribution is 0.591. The lowest BCUT2D eigenvalue weighted by atomic mass is 10.2. The fourth-order valence-corrected chi connectivity index (χ4v) is 3.82. The lowest BCUT2D eigenvalue weighted by Gasteiger charge is -2.23. The van der Waals surface area contributed by atoms with Gasteiger partial charge in [0.1, 0.15) is 0 Å². The summed E-state index contributed by atoms with van der Waals surface area (Å²) in [6.07, 6.45) is 0.